The van der Waals surface area contributed by atoms with E-state index < -0.39 is 0 Å². The number of hydrogen-bond donors (Lipinski definition) is 0. The molecular formula is C45H35N5. The number of benzene rings is 6. The van der Waals surface area contributed by atoms with Crippen LogP contribution in [0.2, 0.25) is 0 Å². The predicted octanol–water partition coefficient (Wildman–Crippen LogP) is 11.4. The summed E-state index contributed by atoms with van der Waals surface area (Å²) in [5.74, 6) is 0.713. The first-order valence-corrected chi connectivity index (χ1v) is 17.0. The maximum absolute atomic E-state index is 5.05. The fourth-order valence-electron chi connectivity index (χ4n) is 6.51. The Morgan fingerprint density at radius 3 is 2.18 bits per heavy atom. The summed E-state index contributed by atoms with van der Waals surface area (Å²) in [6.07, 6.45) is 7.32. The Morgan fingerprint density at radius 2 is 1.38 bits per heavy atom. The summed E-state index contributed by atoms with van der Waals surface area (Å²) in [5, 5.41) is 11.1. The second-order valence-corrected chi connectivity index (χ2v) is 12.3. The molecule has 0 radical (unpaired) electrons. The highest BCUT2D eigenvalue weighted by Crippen LogP contribution is 2.34. The summed E-state index contributed by atoms with van der Waals surface area (Å²) in [6.45, 7) is 4.19. The summed E-state index contributed by atoms with van der Waals surface area (Å²) in [5.41, 5.74) is 12.5. The minimum Gasteiger partial charge on any atom is -0.228 e. The topological polar surface area (TPSA) is 56.5 Å². The van der Waals surface area contributed by atoms with Crippen LogP contribution in [0.15, 0.2) is 164 Å². The third kappa shape index (κ3) is 6.01. The Kier molecular flexibility index (Phi) is 8.37. The van der Waals surface area contributed by atoms with Crippen LogP contribution >= 0.6 is 0 Å². The minimum absolute atomic E-state index is 0.713. The van der Waals surface area contributed by atoms with Crippen LogP contribution in [0.1, 0.15) is 26.0 Å². The predicted molar refractivity (Wildman–Crippen MR) is 207 cm³/mol. The lowest BCUT2D eigenvalue weighted by Gasteiger charge is -2.12. The Morgan fingerprint density at radius 1 is 0.640 bits per heavy atom. The number of para-hydroxylation sites is 1. The van der Waals surface area contributed by atoms with E-state index in [1.54, 1.807) is 0 Å². The van der Waals surface area contributed by atoms with Gasteiger partial charge in [-0.05, 0) is 88.3 Å². The molecule has 8 aromatic rings. The molecule has 0 unspecified atom stereocenters. The number of aromatic nitrogens is 5. The fourth-order valence-corrected chi connectivity index (χ4v) is 6.51. The van der Waals surface area contributed by atoms with Crippen molar-refractivity contribution in [2.45, 2.75) is 20.3 Å². The molecule has 0 saturated carbocycles. The summed E-state index contributed by atoms with van der Waals surface area (Å²) >= 11 is 0. The molecule has 0 saturated heterocycles. The zero-order chi connectivity index (χ0) is 33.9. The Balaban J connectivity index is 1.11. The van der Waals surface area contributed by atoms with Crippen LogP contribution in [-0.2, 0) is 0 Å². The Bertz CT molecular complexity index is 2510. The zero-order valence-corrected chi connectivity index (χ0v) is 28.0. The van der Waals surface area contributed by atoms with Crippen LogP contribution in [0.25, 0.3) is 78.0 Å². The second-order valence-electron chi connectivity index (χ2n) is 12.3. The minimum atomic E-state index is 0.713. The van der Waals surface area contributed by atoms with Gasteiger partial charge in [-0.1, -0.05) is 140 Å². The highest BCUT2D eigenvalue weighted by molar-refractivity contribution is 5.99. The van der Waals surface area contributed by atoms with Gasteiger partial charge in [0, 0.05) is 11.1 Å². The lowest BCUT2D eigenvalue weighted by Crippen LogP contribution is -1.98. The quantitative estimate of drug-likeness (QED) is 0.154. The van der Waals surface area contributed by atoms with Crippen molar-refractivity contribution in [1.29, 1.82) is 0 Å². The molecule has 0 atom stereocenters. The molecule has 0 spiro atoms. The monoisotopic (exact) mass is 645 g/mol. The molecular weight excluding hydrogens is 611 g/mol. The van der Waals surface area contributed by atoms with Crippen molar-refractivity contribution in [2.75, 3.05) is 0 Å². The van der Waals surface area contributed by atoms with Crippen LogP contribution in [0.5, 0.6) is 0 Å². The number of hydrogen-bond acceptors (Lipinski definition) is 4. The van der Waals surface area contributed by atoms with Gasteiger partial charge in [0.15, 0.2) is 5.82 Å². The van der Waals surface area contributed by atoms with Crippen molar-refractivity contribution in [3.05, 3.63) is 170 Å². The van der Waals surface area contributed by atoms with Gasteiger partial charge in [0.05, 0.1) is 22.6 Å². The molecule has 0 aliphatic heterocycles. The molecule has 5 heteroatoms. The second kappa shape index (κ2) is 13.6. The molecule has 0 amide bonds. The third-order valence-electron chi connectivity index (χ3n) is 8.99. The summed E-state index contributed by atoms with van der Waals surface area (Å²) < 4.78 is 1.88. The Hall–Kier alpha value is -6.46. The molecule has 0 N–H and O–H groups in total. The molecule has 0 bridgehead atoms. The van der Waals surface area contributed by atoms with Crippen molar-refractivity contribution in [3.8, 4) is 50.6 Å². The molecule has 8 rings (SSSR count). The van der Waals surface area contributed by atoms with E-state index in [1.807, 2.05) is 54.1 Å². The average Bonchev–Trinajstić information content (AvgIpc) is 3.62. The van der Waals surface area contributed by atoms with Gasteiger partial charge >= 0.3 is 0 Å². The normalized spacial score (nSPS) is 11.9. The first-order valence-electron chi connectivity index (χ1n) is 17.0. The van der Waals surface area contributed by atoms with E-state index in [1.165, 1.54) is 21.9 Å². The molecule has 0 fully saturated rings. The van der Waals surface area contributed by atoms with Crippen molar-refractivity contribution in [2.24, 2.45) is 0 Å². The first kappa shape index (κ1) is 30.8. The largest absolute Gasteiger partial charge is 0.228 e. The lowest BCUT2D eigenvalue weighted by atomic mass is 9.94. The van der Waals surface area contributed by atoms with Crippen molar-refractivity contribution >= 4 is 27.4 Å². The molecule has 6 aromatic carbocycles. The van der Waals surface area contributed by atoms with Gasteiger partial charge in [-0.25, -0.2) is 14.6 Å². The van der Waals surface area contributed by atoms with Crippen LogP contribution in [0.3, 0.4) is 0 Å². The number of allylic oxidation sites excluding steroid dienone is 4. The number of rotatable bonds is 8. The first-order chi connectivity index (χ1) is 24.7. The van der Waals surface area contributed by atoms with Crippen molar-refractivity contribution in [3.63, 3.8) is 0 Å². The van der Waals surface area contributed by atoms with Crippen LogP contribution in [-0.4, -0.2) is 25.0 Å². The fraction of sp³-hybridized carbons (Fsp3) is 0.0667. The Labute approximate surface area is 291 Å². The summed E-state index contributed by atoms with van der Waals surface area (Å²) in [4.78, 5) is 10.1. The summed E-state index contributed by atoms with van der Waals surface area (Å²) in [6, 6.07) is 50.7. The van der Waals surface area contributed by atoms with E-state index in [0.717, 1.165) is 62.4 Å². The van der Waals surface area contributed by atoms with Gasteiger partial charge in [-0.15, -0.1) is 5.10 Å². The number of nitrogens with zero attached hydrogens (tertiary/aromatic N) is 5. The van der Waals surface area contributed by atoms with E-state index in [4.69, 9.17) is 9.97 Å². The van der Waals surface area contributed by atoms with Gasteiger partial charge in [-0.2, -0.15) is 0 Å². The molecule has 0 aliphatic rings. The molecule has 2 heterocycles. The maximum Gasteiger partial charge on any atom is 0.160 e. The van der Waals surface area contributed by atoms with E-state index in [0.29, 0.717) is 5.82 Å². The van der Waals surface area contributed by atoms with Crippen LogP contribution in [0, 0.1) is 0 Å². The van der Waals surface area contributed by atoms with Crippen molar-refractivity contribution in [1.82, 2.24) is 25.0 Å². The average molecular weight is 646 g/mol. The third-order valence-corrected chi connectivity index (χ3v) is 8.99. The van der Waals surface area contributed by atoms with Gasteiger partial charge in [0.2, 0.25) is 0 Å². The zero-order valence-electron chi connectivity index (χ0n) is 28.0. The highest BCUT2D eigenvalue weighted by atomic mass is 15.4. The van der Waals surface area contributed by atoms with Crippen LogP contribution < -0.4 is 0 Å². The van der Waals surface area contributed by atoms with Gasteiger partial charge < -0.3 is 0 Å². The molecule has 240 valence electrons. The smallest absolute Gasteiger partial charge is 0.160 e. The molecule has 2 aromatic heterocycles. The molecule has 5 nitrogen and oxygen atoms in total. The van der Waals surface area contributed by atoms with Gasteiger partial charge in [-0.3, -0.25) is 0 Å². The van der Waals surface area contributed by atoms with Gasteiger partial charge in [0.1, 0.15) is 5.52 Å². The van der Waals surface area contributed by atoms with E-state index >= 15 is 0 Å². The summed E-state index contributed by atoms with van der Waals surface area (Å²) in [7, 11) is 0. The van der Waals surface area contributed by atoms with Crippen molar-refractivity contribution < 1.29 is 0 Å². The SMILES string of the molecule is C/C=C\C(=C/CC)c1cc(-c2ccccc2)nc(-c2ccc(-c3cccc4cc(-c5ccc(-n6nnc7ccccc76)cc5)ccc34)cc2)n1. The van der Waals surface area contributed by atoms with Crippen LogP contribution in [0.4, 0.5) is 0 Å². The van der Waals surface area contributed by atoms with E-state index in [-0.39, 0.29) is 0 Å². The highest BCUT2D eigenvalue weighted by Gasteiger charge is 2.13. The van der Waals surface area contributed by atoms with E-state index in [2.05, 4.69) is 139 Å². The number of fused-ring (bicyclic) bond motifs is 2. The lowest BCUT2D eigenvalue weighted by molar-refractivity contribution is 0.824. The van der Waals surface area contributed by atoms with Gasteiger partial charge in [0.25, 0.3) is 0 Å². The standard InChI is InChI=1S/C45H35N5/c1-3-11-33(12-4-2)42-30-43(34-13-6-5-7-14-34)47-45(46-42)35-21-19-32(20-22-35)39-16-10-15-37-29-36(25-28-40(37)39)31-23-26-38(27-24-31)50-44-18-9-8-17-41(44)48-49-50/h3,5-30H,4H2,1-2H3/b11-3-,33-12+. The molecule has 50 heavy (non-hydrogen) atoms. The maximum atomic E-state index is 5.05. The van der Waals surface area contributed by atoms with E-state index in [9.17, 15) is 0 Å². The molecule has 0 aliphatic carbocycles.